The molecule has 11 heteroatoms. The van der Waals surface area contributed by atoms with Crippen LogP contribution >= 0.6 is 23.1 Å². The maximum Gasteiger partial charge on any atom is 0.278 e. The van der Waals surface area contributed by atoms with Crippen molar-refractivity contribution in [1.29, 1.82) is 0 Å². The van der Waals surface area contributed by atoms with Gasteiger partial charge in [-0.25, -0.2) is 17.2 Å². The van der Waals surface area contributed by atoms with E-state index in [0.29, 0.717) is 22.6 Å². The predicted octanol–water partition coefficient (Wildman–Crippen LogP) is 3.55. The largest absolute Gasteiger partial charge is 0.318 e. The SMILES string of the molecule is O=C(Nc1ccc(F)cc1F)c1nnsc1S(=O)(=O)c1ccc(Cl)cc1. The van der Waals surface area contributed by atoms with Crippen LogP contribution in [0.4, 0.5) is 14.5 Å². The highest BCUT2D eigenvalue weighted by Crippen LogP contribution is 2.28. The summed E-state index contributed by atoms with van der Waals surface area (Å²) in [6, 6.07) is 7.86. The number of nitrogens with one attached hydrogen (secondary N) is 1. The highest BCUT2D eigenvalue weighted by molar-refractivity contribution is 7.93. The lowest BCUT2D eigenvalue weighted by atomic mass is 10.3. The molecule has 3 rings (SSSR count). The Morgan fingerprint density at radius 2 is 1.81 bits per heavy atom. The number of aromatic nitrogens is 2. The quantitative estimate of drug-likeness (QED) is 0.703. The van der Waals surface area contributed by atoms with Crippen molar-refractivity contribution in [1.82, 2.24) is 9.59 Å². The lowest BCUT2D eigenvalue weighted by molar-refractivity contribution is 0.101. The Hall–Kier alpha value is -2.43. The average molecular weight is 416 g/mol. The lowest BCUT2D eigenvalue weighted by Gasteiger charge is -2.06. The Bertz CT molecular complexity index is 1090. The molecule has 0 radical (unpaired) electrons. The molecule has 0 bridgehead atoms. The zero-order valence-corrected chi connectivity index (χ0v) is 15.0. The van der Waals surface area contributed by atoms with Gasteiger partial charge in [-0.3, -0.25) is 4.79 Å². The van der Waals surface area contributed by atoms with Crippen molar-refractivity contribution in [3.8, 4) is 0 Å². The summed E-state index contributed by atoms with van der Waals surface area (Å²) in [5, 5.41) is 6.02. The highest BCUT2D eigenvalue weighted by Gasteiger charge is 2.29. The molecule has 1 N–H and O–H groups in total. The molecule has 0 aliphatic heterocycles. The van der Waals surface area contributed by atoms with E-state index in [1.807, 2.05) is 0 Å². The van der Waals surface area contributed by atoms with Gasteiger partial charge in [-0.1, -0.05) is 16.1 Å². The fourth-order valence-corrected chi connectivity index (χ4v) is 4.41. The second-order valence-corrected chi connectivity index (χ2v) is 8.28. The third-order valence-electron chi connectivity index (χ3n) is 3.22. The molecule has 1 amide bonds. The summed E-state index contributed by atoms with van der Waals surface area (Å²) >= 11 is 6.25. The van der Waals surface area contributed by atoms with Crippen molar-refractivity contribution in [3.63, 3.8) is 0 Å². The predicted molar refractivity (Wildman–Crippen MR) is 91.1 cm³/mol. The normalized spacial score (nSPS) is 11.3. The molecule has 1 heterocycles. The van der Waals surface area contributed by atoms with Crippen LogP contribution in [0.2, 0.25) is 5.02 Å². The van der Waals surface area contributed by atoms with Gasteiger partial charge in [0.2, 0.25) is 9.84 Å². The fourth-order valence-electron chi connectivity index (χ4n) is 1.99. The maximum absolute atomic E-state index is 13.7. The summed E-state index contributed by atoms with van der Waals surface area (Å²) in [4.78, 5) is 12.2. The van der Waals surface area contributed by atoms with E-state index in [0.717, 1.165) is 12.1 Å². The second kappa shape index (κ2) is 7.06. The van der Waals surface area contributed by atoms with Gasteiger partial charge in [-0.15, -0.1) is 5.10 Å². The molecule has 0 aliphatic carbocycles. The Kier molecular flexibility index (Phi) is 4.99. The Morgan fingerprint density at radius 1 is 1.12 bits per heavy atom. The van der Waals surface area contributed by atoms with Crippen LogP contribution < -0.4 is 5.32 Å². The number of hydrogen-bond acceptors (Lipinski definition) is 6. The number of amides is 1. The van der Waals surface area contributed by atoms with Crippen molar-refractivity contribution in [2.45, 2.75) is 9.10 Å². The zero-order valence-electron chi connectivity index (χ0n) is 12.6. The number of carbonyl (C=O) groups is 1. The van der Waals surface area contributed by atoms with Crippen LogP contribution in [0.3, 0.4) is 0 Å². The van der Waals surface area contributed by atoms with E-state index in [-0.39, 0.29) is 10.6 Å². The van der Waals surface area contributed by atoms with Crippen molar-refractivity contribution in [2.75, 3.05) is 5.32 Å². The Labute approximate surface area is 155 Å². The summed E-state index contributed by atoms with van der Waals surface area (Å²) in [5.74, 6) is -2.82. The molecule has 1 aromatic heterocycles. The van der Waals surface area contributed by atoms with Gasteiger partial charge in [0.25, 0.3) is 5.91 Å². The third-order valence-corrected chi connectivity index (χ3v) is 6.45. The van der Waals surface area contributed by atoms with Crippen LogP contribution in [0, 0.1) is 11.6 Å². The van der Waals surface area contributed by atoms with Crippen molar-refractivity contribution in [2.24, 2.45) is 0 Å². The van der Waals surface area contributed by atoms with Crippen LogP contribution in [0.1, 0.15) is 10.5 Å². The summed E-state index contributed by atoms with van der Waals surface area (Å²) < 4.78 is 55.1. The standard InChI is InChI=1S/C15H8ClF2N3O3S2/c16-8-1-4-10(5-2-8)26(23,24)15-13(20-21-25-15)14(22)19-12-6-3-9(17)7-11(12)18/h1-7H,(H,19,22). The van der Waals surface area contributed by atoms with Gasteiger partial charge in [0.1, 0.15) is 11.6 Å². The summed E-state index contributed by atoms with van der Waals surface area (Å²) in [5.41, 5.74) is -0.812. The van der Waals surface area contributed by atoms with E-state index in [1.165, 1.54) is 24.3 Å². The highest BCUT2D eigenvalue weighted by atomic mass is 35.5. The van der Waals surface area contributed by atoms with E-state index in [9.17, 15) is 22.0 Å². The number of hydrogen-bond donors (Lipinski definition) is 1. The van der Waals surface area contributed by atoms with E-state index in [1.54, 1.807) is 0 Å². The number of carbonyl (C=O) groups excluding carboxylic acids is 1. The van der Waals surface area contributed by atoms with Crippen LogP contribution in [-0.4, -0.2) is 23.9 Å². The maximum atomic E-state index is 13.7. The molecule has 2 aromatic carbocycles. The number of halogens is 3. The molecule has 0 fully saturated rings. The first-order chi connectivity index (χ1) is 12.3. The molecule has 3 aromatic rings. The van der Waals surface area contributed by atoms with Gasteiger partial charge in [-0.2, -0.15) is 0 Å². The Balaban J connectivity index is 1.95. The van der Waals surface area contributed by atoms with Crippen LogP contribution in [0.15, 0.2) is 51.6 Å². The fraction of sp³-hybridized carbons (Fsp3) is 0. The minimum atomic E-state index is -4.08. The molecule has 0 spiro atoms. The van der Waals surface area contributed by atoms with E-state index < -0.39 is 37.3 Å². The Morgan fingerprint density at radius 3 is 2.46 bits per heavy atom. The summed E-state index contributed by atoms with van der Waals surface area (Å²) in [7, 11) is -4.08. The smallest absolute Gasteiger partial charge is 0.278 e. The molecular weight excluding hydrogens is 408 g/mol. The minimum absolute atomic E-state index is 0.102. The van der Waals surface area contributed by atoms with Crippen molar-refractivity contribution >= 4 is 44.6 Å². The first-order valence-electron chi connectivity index (χ1n) is 6.88. The van der Waals surface area contributed by atoms with Crippen LogP contribution in [0.5, 0.6) is 0 Å². The minimum Gasteiger partial charge on any atom is -0.318 e. The number of rotatable bonds is 4. The first-order valence-corrected chi connectivity index (χ1v) is 9.52. The van der Waals surface area contributed by atoms with E-state index in [2.05, 4.69) is 14.9 Å². The molecule has 0 saturated carbocycles. The number of benzene rings is 2. The van der Waals surface area contributed by atoms with Gasteiger partial charge in [0.05, 0.1) is 10.6 Å². The molecule has 0 unspecified atom stereocenters. The van der Waals surface area contributed by atoms with Crippen LogP contribution in [0.25, 0.3) is 0 Å². The number of sulfone groups is 1. The monoisotopic (exact) mass is 415 g/mol. The van der Waals surface area contributed by atoms with Gasteiger partial charge in [0.15, 0.2) is 9.90 Å². The molecule has 26 heavy (non-hydrogen) atoms. The number of anilines is 1. The van der Waals surface area contributed by atoms with E-state index >= 15 is 0 Å². The van der Waals surface area contributed by atoms with Crippen LogP contribution in [-0.2, 0) is 9.84 Å². The molecule has 6 nitrogen and oxygen atoms in total. The topological polar surface area (TPSA) is 89.0 Å². The molecule has 0 saturated heterocycles. The van der Waals surface area contributed by atoms with Crippen molar-refractivity contribution < 1.29 is 22.0 Å². The molecule has 134 valence electrons. The summed E-state index contributed by atoms with van der Waals surface area (Å²) in [6.45, 7) is 0. The first kappa shape index (κ1) is 18.4. The van der Waals surface area contributed by atoms with Crippen molar-refractivity contribution in [3.05, 3.63) is 64.8 Å². The zero-order chi connectivity index (χ0) is 18.9. The molecule has 0 atom stereocenters. The molecule has 0 aliphatic rings. The number of nitrogens with zero attached hydrogens (tertiary/aromatic N) is 2. The van der Waals surface area contributed by atoms with Gasteiger partial charge < -0.3 is 5.32 Å². The average Bonchev–Trinajstić information content (AvgIpc) is 3.08. The molecular formula is C15H8ClF2N3O3S2. The van der Waals surface area contributed by atoms with Gasteiger partial charge >= 0.3 is 0 Å². The second-order valence-electron chi connectivity index (χ2n) is 4.94. The lowest BCUT2D eigenvalue weighted by Crippen LogP contribution is -2.17. The van der Waals surface area contributed by atoms with E-state index in [4.69, 9.17) is 11.6 Å². The third kappa shape index (κ3) is 3.57. The van der Waals surface area contributed by atoms with Gasteiger partial charge in [-0.05, 0) is 36.4 Å². The summed E-state index contributed by atoms with van der Waals surface area (Å²) in [6.07, 6.45) is 0. The van der Waals surface area contributed by atoms with Gasteiger partial charge in [0, 0.05) is 22.6 Å².